The molecule has 104 valence electrons. The second-order valence-corrected chi connectivity index (χ2v) is 5.45. The molecule has 0 spiro atoms. The number of hydrogen-bond donors (Lipinski definition) is 1. The van der Waals surface area contributed by atoms with Gasteiger partial charge in [0.1, 0.15) is 5.82 Å². The summed E-state index contributed by atoms with van der Waals surface area (Å²) in [7, 11) is 1.63. The molecule has 1 amide bonds. The number of amides is 1. The Morgan fingerprint density at radius 1 is 1.30 bits per heavy atom. The molecule has 0 saturated carbocycles. The number of nitrogens with two attached hydrogens (primary N) is 1. The minimum Gasteiger partial charge on any atom is -0.399 e. The maximum Gasteiger partial charge on any atom is 0.256 e. The molecule has 0 aliphatic heterocycles. The number of anilines is 1. The van der Waals surface area contributed by atoms with Crippen LogP contribution in [0.15, 0.2) is 46.9 Å². The van der Waals surface area contributed by atoms with E-state index in [4.69, 9.17) is 5.73 Å². The van der Waals surface area contributed by atoms with E-state index in [2.05, 4.69) is 15.9 Å². The molecule has 0 radical (unpaired) electrons. The summed E-state index contributed by atoms with van der Waals surface area (Å²) in [5.41, 5.74) is 7.28. The van der Waals surface area contributed by atoms with Crippen LogP contribution in [0, 0.1) is 5.82 Å². The van der Waals surface area contributed by atoms with E-state index in [9.17, 15) is 9.18 Å². The van der Waals surface area contributed by atoms with Crippen LogP contribution in [0.1, 0.15) is 15.9 Å². The van der Waals surface area contributed by atoms with Gasteiger partial charge >= 0.3 is 0 Å². The Kier molecular flexibility index (Phi) is 4.39. The predicted octanol–water partition coefficient (Wildman–Crippen LogP) is 3.44. The molecule has 0 saturated heterocycles. The normalized spacial score (nSPS) is 10.3. The van der Waals surface area contributed by atoms with Gasteiger partial charge in [0.15, 0.2) is 0 Å². The lowest BCUT2D eigenvalue weighted by molar-refractivity contribution is 0.0780. The topological polar surface area (TPSA) is 46.3 Å². The summed E-state index contributed by atoms with van der Waals surface area (Å²) < 4.78 is 14.4. The van der Waals surface area contributed by atoms with Gasteiger partial charge in [-0.05, 0) is 35.9 Å². The molecule has 0 aromatic heterocycles. The van der Waals surface area contributed by atoms with E-state index < -0.39 is 5.82 Å². The fourth-order valence-electron chi connectivity index (χ4n) is 1.90. The quantitative estimate of drug-likeness (QED) is 0.872. The first-order chi connectivity index (χ1) is 9.47. The number of nitrogens with zero attached hydrogens (tertiary/aromatic N) is 1. The molecule has 0 heterocycles. The van der Waals surface area contributed by atoms with Crippen LogP contribution < -0.4 is 5.73 Å². The lowest BCUT2D eigenvalue weighted by atomic mass is 10.1. The number of rotatable bonds is 3. The molecule has 20 heavy (non-hydrogen) atoms. The number of hydrogen-bond acceptors (Lipinski definition) is 2. The van der Waals surface area contributed by atoms with Gasteiger partial charge in [0, 0.05) is 23.8 Å². The molecule has 0 atom stereocenters. The van der Waals surface area contributed by atoms with Crippen LogP contribution >= 0.6 is 15.9 Å². The molecule has 2 aromatic carbocycles. The number of nitrogen functional groups attached to an aromatic ring is 1. The van der Waals surface area contributed by atoms with Gasteiger partial charge in [0.05, 0.1) is 5.56 Å². The minimum atomic E-state index is -0.530. The number of carbonyl (C=O) groups is 1. The van der Waals surface area contributed by atoms with Crippen LogP contribution in [-0.2, 0) is 6.54 Å². The van der Waals surface area contributed by atoms with Crippen molar-refractivity contribution in [2.45, 2.75) is 6.54 Å². The molecular formula is C15H14BrFN2O. The van der Waals surface area contributed by atoms with Crippen molar-refractivity contribution in [1.29, 1.82) is 0 Å². The molecular weight excluding hydrogens is 323 g/mol. The minimum absolute atomic E-state index is 0.0470. The van der Waals surface area contributed by atoms with Crippen molar-refractivity contribution in [2.75, 3.05) is 12.8 Å². The van der Waals surface area contributed by atoms with Gasteiger partial charge in [-0.1, -0.05) is 28.1 Å². The van der Waals surface area contributed by atoms with Gasteiger partial charge < -0.3 is 10.6 Å². The average Bonchev–Trinajstić information content (AvgIpc) is 2.40. The van der Waals surface area contributed by atoms with Crippen molar-refractivity contribution >= 4 is 27.5 Å². The summed E-state index contributed by atoms with van der Waals surface area (Å²) >= 11 is 3.24. The third kappa shape index (κ3) is 3.36. The van der Waals surface area contributed by atoms with E-state index in [1.807, 2.05) is 12.1 Å². The van der Waals surface area contributed by atoms with Gasteiger partial charge in [-0.3, -0.25) is 4.79 Å². The first kappa shape index (κ1) is 14.5. The molecule has 2 rings (SSSR count). The molecule has 0 aliphatic rings. The molecule has 3 nitrogen and oxygen atoms in total. The maximum atomic E-state index is 13.7. The summed E-state index contributed by atoms with van der Waals surface area (Å²) in [4.78, 5) is 13.7. The van der Waals surface area contributed by atoms with Crippen LogP contribution in [0.2, 0.25) is 0 Å². The molecule has 0 aliphatic carbocycles. The summed E-state index contributed by atoms with van der Waals surface area (Å²) in [6, 6.07) is 11.6. The first-order valence-electron chi connectivity index (χ1n) is 6.02. The van der Waals surface area contributed by atoms with Crippen LogP contribution in [0.25, 0.3) is 0 Å². The van der Waals surface area contributed by atoms with Crippen LogP contribution in [0.5, 0.6) is 0 Å². The highest BCUT2D eigenvalue weighted by Crippen LogP contribution is 2.18. The molecule has 0 unspecified atom stereocenters. The first-order valence-corrected chi connectivity index (χ1v) is 6.81. The summed E-state index contributed by atoms with van der Waals surface area (Å²) in [5, 5.41) is 0. The van der Waals surface area contributed by atoms with Crippen molar-refractivity contribution < 1.29 is 9.18 Å². The molecule has 5 heteroatoms. The predicted molar refractivity (Wildman–Crippen MR) is 80.8 cm³/mol. The Bertz CT molecular complexity index is 646. The van der Waals surface area contributed by atoms with E-state index in [0.717, 1.165) is 5.56 Å². The fraction of sp³-hybridized carbons (Fsp3) is 0.133. The van der Waals surface area contributed by atoms with Crippen molar-refractivity contribution in [1.82, 2.24) is 4.90 Å². The van der Waals surface area contributed by atoms with Crippen molar-refractivity contribution in [2.24, 2.45) is 0 Å². The van der Waals surface area contributed by atoms with Crippen molar-refractivity contribution in [3.05, 3.63) is 63.9 Å². The highest BCUT2D eigenvalue weighted by molar-refractivity contribution is 9.10. The van der Waals surface area contributed by atoms with Crippen molar-refractivity contribution in [3.8, 4) is 0 Å². The van der Waals surface area contributed by atoms with Gasteiger partial charge in [-0.2, -0.15) is 0 Å². The fourth-order valence-corrected chi connectivity index (χ4v) is 2.27. The summed E-state index contributed by atoms with van der Waals surface area (Å²) in [6.45, 7) is 0.371. The SMILES string of the molecule is CN(Cc1cccc(N)c1)C(=O)c1cc(Br)ccc1F. The summed E-state index contributed by atoms with van der Waals surface area (Å²) in [6.07, 6.45) is 0. The van der Waals surface area contributed by atoms with E-state index >= 15 is 0 Å². The van der Waals surface area contributed by atoms with Crippen LogP contribution in [-0.4, -0.2) is 17.9 Å². The van der Waals surface area contributed by atoms with Crippen molar-refractivity contribution in [3.63, 3.8) is 0 Å². The Labute approximate surface area is 125 Å². The zero-order valence-electron chi connectivity index (χ0n) is 10.9. The smallest absolute Gasteiger partial charge is 0.256 e. The highest BCUT2D eigenvalue weighted by atomic mass is 79.9. The second kappa shape index (κ2) is 6.05. The monoisotopic (exact) mass is 336 g/mol. The Morgan fingerprint density at radius 3 is 2.75 bits per heavy atom. The van der Waals surface area contributed by atoms with Gasteiger partial charge in [-0.15, -0.1) is 0 Å². The second-order valence-electron chi connectivity index (χ2n) is 4.53. The van der Waals surface area contributed by atoms with Gasteiger partial charge in [0.25, 0.3) is 5.91 Å². The molecule has 0 fully saturated rings. The van der Waals surface area contributed by atoms with Crippen LogP contribution in [0.4, 0.5) is 10.1 Å². The van der Waals surface area contributed by atoms with E-state index in [-0.39, 0.29) is 11.5 Å². The number of benzene rings is 2. The largest absolute Gasteiger partial charge is 0.399 e. The zero-order chi connectivity index (χ0) is 14.7. The van der Waals surface area contributed by atoms with Crippen LogP contribution in [0.3, 0.4) is 0 Å². The zero-order valence-corrected chi connectivity index (χ0v) is 12.5. The standard InChI is InChI=1S/C15H14BrFN2O/c1-19(9-10-3-2-4-12(18)7-10)15(20)13-8-11(16)5-6-14(13)17/h2-8H,9,18H2,1H3. The third-order valence-corrected chi connectivity index (χ3v) is 3.37. The van der Waals surface area contributed by atoms with E-state index in [1.165, 1.54) is 17.0 Å². The molecule has 2 aromatic rings. The number of halogens is 2. The molecule has 2 N–H and O–H groups in total. The third-order valence-electron chi connectivity index (χ3n) is 2.88. The Morgan fingerprint density at radius 2 is 2.05 bits per heavy atom. The Balaban J connectivity index is 2.18. The summed E-state index contributed by atoms with van der Waals surface area (Å²) in [5.74, 6) is -0.899. The van der Waals surface area contributed by atoms with Gasteiger partial charge in [0.2, 0.25) is 0 Å². The lowest BCUT2D eigenvalue weighted by Crippen LogP contribution is -2.27. The molecule has 0 bridgehead atoms. The average molecular weight is 337 g/mol. The van der Waals surface area contributed by atoms with E-state index in [0.29, 0.717) is 16.7 Å². The highest BCUT2D eigenvalue weighted by Gasteiger charge is 2.16. The lowest BCUT2D eigenvalue weighted by Gasteiger charge is -2.18. The van der Waals surface area contributed by atoms with E-state index in [1.54, 1.807) is 25.2 Å². The van der Waals surface area contributed by atoms with Gasteiger partial charge in [-0.25, -0.2) is 4.39 Å². The number of carbonyl (C=O) groups excluding carboxylic acids is 1. The Hall–Kier alpha value is -1.88. The maximum absolute atomic E-state index is 13.7.